The van der Waals surface area contributed by atoms with Crippen LogP contribution < -0.4 is 5.73 Å². The van der Waals surface area contributed by atoms with Crippen LogP contribution in [0.1, 0.15) is 54.6 Å². The average molecular weight is 496 g/mol. The van der Waals surface area contributed by atoms with Gasteiger partial charge < -0.3 is 15.4 Å². The van der Waals surface area contributed by atoms with E-state index in [1.807, 2.05) is 71.6 Å². The predicted octanol–water partition coefficient (Wildman–Crippen LogP) is 6.14. The number of benzene rings is 3. The van der Waals surface area contributed by atoms with E-state index in [4.69, 9.17) is 10.5 Å². The van der Waals surface area contributed by atoms with Gasteiger partial charge in [-0.1, -0.05) is 68.4 Å². The molecular formula is C31H33N3O3. The van der Waals surface area contributed by atoms with Crippen molar-refractivity contribution in [3.8, 4) is 11.1 Å². The molecule has 0 saturated carbocycles. The standard InChI is InChI=1S/C31H33N3O3/c1-3-16-34(17-4-2)30(35)27-18-26-15-14-25(19-28(26)33-29(32)20-27)23-10-12-24(13-11-23)31(36)37-21-22-8-6-5-7-9-22/h5-15,18-19H,3-4,16-17,20-21H2,1-2H3,(H2,32,33). The summed E-state index contributed by atoms with van der Waals surface area (Å²) in [4.78, 5) is 32.2. The van der Waals surface area contributed by atoms with E-state index in [0.717, 1.165) is 53.9 Å². The fraction of sp³-hybridized carbons (Fsp3) is 0.258. The van der Waals surface area contributed by atoms with Crippen LogP contribution in [0.5, 0.6) is 0 Å². The van der Waals surface area contributed by atoms with E-state index in [1.54, 1.807) is 12.1 Å². The quantitative estimate of drug-likeness (QED) is 0.362. The normalized spacial score (nSPS) is 12.6. The Morgan fingerprint density at radius 1 is 0.919 bits per heavy atom. The third kappa shape index (κ3) is 6.53. The first-order chi connectivity index (χ1) is 18.0. The number of esters is 1. The lowest BCUT2D eigenvalue weighted by molar-refractivity contribution is -0.127. The highest BCUT2D eigenvalue weighted by atomic mass is 16.5. The van der Waals surface area contributed by atoms with Gasteiger partial charge in [0.05, 0.1) is 11.3 Å². The Hall–Kier alpha value is -4.19. The van der Waals surface area contributed by atoms with Gasteiger partial charge in [0.2, 0.25) is 5.91 Å². The first kappa shape index (κ1) is 25.9. The number of hydrogen-bond donors (Lipinski definition) is 1. The summed E-state index contributed by atoms with van der Waals surface area (Å²) in [6.07, 6.45) is 4.06. The zero-order chi connectivity index (χ0) is 26.2. The summed E-state index contributed by atoms with van der Waals surface area (Å²) in [7, 11) is 0. The monoisotopic (exact) mass is 495 g/mol. The number of ether oxygens (including phenoxy) is 1. The topological polar surface area (TPSA) is 85.0 Å². The first-order valence-corrected chi connectivity index (χ1v) is 12.8. The van der Waals surface area contributed by atoms with Gasteiger partial charge in [-0.25, -0.2) is 9.79 Å². The van der Waals surface area contributed by atoms with E-state index in [0.29, 0.717) is 23.4 Å². The number of nitrogens with zero attached hydrogens (tertiary/aromatic N) is 2. The largest absolute Gasteiger partial charge is 0.457 e. The zero-order valence-electron chi connectivity index (χ0n) is 21.4. The second kappa shape index (κ2) is 12.2. The van der Waals surface area contributed by atoms with Crippen molar-refractivity contribution >= 4 is 29.5 Å². The number of nitrogens with two attached hydrogens (primary N) is 1. The highest BCUT2D eigenvalue weighted by Crippen LogP contribution is 2.32. The molecular weight excluding hydrogens is 462 g/mol. The van der Waals surface area contributed by atoms with Crippen LogP contribution in [-0.4, -0.2) is 35.7 Å². The smallest absolute Gasteiger partial charge is 0.338 e. The molecule has 37 heavy (non-hydrogen) atoms. The lowest BCUT2D eigenvalue weighted by Crippen LogP contribution is -2.34. The van der Waals surface area contributed by atoms with Crippen molar-refractivity contribution < 1.29 is 14.3 Å². The fourth-order valence-electron chi connectivity index (χ4n) is 4.37. The van der Waals surface area contributed by atoms with Crippen molar-refractivity contribution in [1.82, 2.24) is 4.90 Å². The molecule has 190 valence electrons. The molecule has 1 aliphatic rings. The van der Waals surface area contributed by atoms with Crippen LogP contribution in [0.2, 0.25) is 0 Å². The Morgan fingerprint density at radius 2 is 1.59 bits per heavy atom. The molecule has 6 nitrogen and oxygen atoms in total. The Morgan fingerprint density at radius 3 is 2.27 bits per heavy atom. The van der Waals surface area contributed by atoms with Gasteiger partial charge in [-0.15, -0.1) is 0 Å². The SMILES string of the molecule is CCCN(CCC)C(=O)C1=Cc2ccc(-c3ccc(C(=O)OCc4ccccc4)cc3)cc2N=C(N)C1. The van der Waals surface area contributed by atoms with E-state index in [2.05, 4.69) is 18.8 Å². The van der Waals surface area contributed by atoms with Gasteiger partial charge in [0, 0.05) is 30.6 Å². The Bertz CT molecular complexity index is 1310. The summed E-state index contributed by atoms with van der Waals surface area (Å²) in [6.45, 7) is 5.83. The van der Waals surface area contributed by atoms with Crippen LogP contribution in [0.3, 0.4) is 0 Å². The van der Waals surface area contributed by atoms with Crippen molar-refractivity contribution in [3.63, 3.8) is 0 Å². The lowest BCUT2D eigenvalue weighted by Gasteiger charge is -2.22. The second-order valence-electron chi connectivity index (χ2n) is 9.15. The number of fused-ring (bicyclic) bond motifs is 1. The number of rotatable bonds is 9. The molecule has 1 heterocycles. The molecule has 0 aliphatic carbocycles. The maximum absolute atomic E-state index is 13.2. The Balaban J connectivity index is 1.52. The van der Waals surface area contributed by atoms with Crippen LogP contribution in [0.25, 0.3) is 17.2 Å². The second-order valence-corrected chi connectivity index (χ2v) is 9.15. The van der Waals surface area contributed by atoms with E-state index in [1.165, 1.54) is 0 Å². The van der Waals surface area contributed by atoms with E-state index >= 15 is 0 Å². The maximum atomic E-state index is 13.2. The van der Waals surface area contributed by atoms with Crippen LogP contribution in [0.4, 0.5) is 5.69 Å². The van der Waals surface area contributed by atoms with E-state index < -0.39 is 0 Å². The molecule has 3 aromatic carbocycles. The molecule has 0 fully saturated rings. The fourth-order valence-corrected chi connectivity index (χ4v) is 4.37. The van der Waals surface area contributed by atoms with E-state index in [-0.39, 0.29) is 18.5 Å². The predicted molar refractivity (Wildman–Crippen MR) is 148 cm³/mol. The molecule has 1 aliphatic heterocycles. The first-order valence-electron chi connectivity index (χ1n) is 12.8. The molecule has 0 saturated heterocycles. The molecule has 2 N–H and O–H groups in total. The molecule has 0 spiro atoms. The third-order valence-electron chi connectivity index (χ3n) is 6.21. The molecule has 0 atom stereocenters. The number of carbonyl (C=O) groups is 2. The molecule has 3 aromatic rings. The minimum atomic E-state index is -0.364. The number of carbonyl (C=O) groups excluding carboxylic acids is 2. The van der Waals surface area contributed by atoms with Crippen molar-refractivity contribution in [2.45, 2.75) is 39.7 Å². The Labute approximate surface area is 218 Å². The summed E-state index contributed by atoms with van der Waals surface area (Å²) < 4.78 is 5.43. The highest BCUT2D eigenvalue weighted by Gasteiger charge is 2.21. The van der Waals surface area contributed by atoms with Gasteiger partial charge in [0.25, 0.3) is 0 Å². The van der Waals surface area contributed by atoms with Gasteiger partial charge >= 0.3 is 5.97 Å². The van der Waals surface area contributed by atoms with Gasteiger partial charge in [-0.2, -0.15) is 0 Å². The number of hydrogen-bond acceptors (Lipinski definition) is 5. The molecule has 0 aromatic heterocycles. The molecule has 0 radical (unpaired) electrons. The summed E-state index contributed by atoms with van der Waals surface area (Å²) >= 11 is 0. The van der Waals surface area contributed by atoms with Crippen LogP contribution in [-0.2, 0) is 16.1 Å². The minimum Gasteiger partial charge on any atom is -0.457 e. The lowest BCUT2D eigenvalue weighted by atomic mass is 10.00. The van der Waals surface area contributed by atoms with Gasteiger partial charge in [0.15, 0.2) is 0 Å². The Kier molecular flexibility index (Phi) is 8.52. The summed E-state index contributed by atoms with van der Waals surface area (Å²) in [5, 5.41) is 0. The van der Waals surface area contributed by atoms with Crippen molar-refractivity contribution in [2.24, 2.45) is 10.7 Å². The highest BCUT2D eigenvalue weighted by molar-refractivity contribution is 6.05. The summed E-state index contributed by atoms with van der Waals surface area (Å²) in [6, 6.07) is 22.8. The third-order valence-corrected chi connectivity index (χ3v) is 6.21. The molecule has 0 bridgehead atoms. The number of amides is 1. The van der Waals surface area contributed by atoms with Crippen LogP contribution in [0, 0.1) is 0 Å². The summed E-state index contributed by atoms with van der Waals surface area (Å²) in [5.41, 5.74) is 11.8. The van der Waals surface area contributed by atoms with Gasteiger partial charge in [0.1, 0.15) is 12.4 Å². The minimum absolute atomic E-state index is 0.0218. The van der Waals surface area contributed by atoms with Crippen molar-refractivity contribution in [3.05, 3.63) is 95.1 Å². The summed E-state index contributed by atoms with van der Waals surface area (Å²) in [5.74, 6) is 0.0747. The van der Waals surface area contributed by atoms with Gasteiger partial charge in [-0.05, 0) is 53.8 Å². The number of amidine groups is 1. The van der Waals surface area contributed by atoms with Crippen LogP contribution in [0.15, 0.2) is 83.4 Å². The molecule has 4 rings (SSSR count). The van der Waals surface area contributed by atoms with Gasteiger partial charge in [-0.3, -0.25) is 4.79 Å². The average Bonchev–Trinajstić information content (AvgIpc) is 3.09. The van der Waals surface area contributed by atoms with E-state index in [9.17, 15) is 9.59 Å². The van der Waals surface area contributed by atoms with Crippen molar-refractivity contribution in [2.75, 3.05) is 13.1 Å². The molecule has 0 unspecified atom stereocenters. The number of aliphatic imine (C=N–C) groups is 1. The molecule has 6 heteroatoms. The molecule has 1 amide bonds. The van der Waals surface area contributed by atoms with Crippen molar-refractivity contribution in [1.29, 1.82) is 0 Å². The maximum Gasteiger partial charge on any atom is 0.338 e. The van der Waals surface area contributed by atoms with Crippen LogP contribution >= 0.6 is 0 Å². The zero-order valence-corrected chi connectivity index (χ0v) is 21.4.